The lowest BCUT2D eigenvalue weighted by molar-refractivity contribution is -0.148. The Bertz CT molecular complexity index is 335. The molecule has 0 spiro atoms. The van der Waals surface area contributed by atoms with Crippen molar-refractivity contribution in [3.8, 4) is 0 Å². The van der Waals surface area contributed by atoms with E-state index in [1.165, 1.54) is 0 Å². The number of rotatable bonds is 8. The molecule has 100 valence electrons. The van der Waals surface area contributed by atoms with Gasteiger partial charge in [0.1, 0.15) is 0 Å². The topological polar surface area (TPSA) is 35.5 Å². The van der Waals surface area contributed by atoms with Crippen LogP contribution in [0.25, 0.3) is 0 Å². The summed E-state index contributed by atoms with van der Waals surface area (Å²) in [7, 11) is 0. The smallest absolute Gasteiger partial charge is 0.308 e. The molecule has 3 nitrogen and oxygen atoms in total. The molecule has 1 aromatic rings. The van der Waals surface area contributed by atoms with Crippen LogP contribution in [0.2, 0.25) is 0 Å². The second kappa shape index (κ2) is 8.70. The molecule has 0 radical (unpaired) electrons. The average molecular weight is 250 g/mol. The van der Waals surface area contributed by atoms with Crippen molar-refractivity contribution in [1.82, 2.24) is 0 Å². The molecule has 0 aliphatic carbocycles. The summed E-state index contributed by atoms with van der Waals surface area (Å²) in [5, 5.41) is 0. The zero-order chi connectivity index (χ0) is 13.2. The van der Waals surface area contributed by atoms with Gasteiger partial charge in [0.15, 0.2) is 0 Å². The molecule has 0 saturated carbocycles. The molecule has 0 fully saturated rings. The molecular formula is C15H22O3. The standard InChI is InChI=1S/C15H22O3/c1-3-13(2)15(16)18-11-7-10-17-12-14-8-5-4-6-9-14/h4-6,8-9,13H,3,7,10-12H2,1-2H3. The van der Waals surface area contributed by atoms with Gasteiger partial charge in [-0.15, -0.1) is 0 Å². The Morgan fingerprint density at radius 3 is 2.61 bits per heavy atom. The molecule has 18 heavy (non-hydrogen) atoms. The van der Waals surface area contributed by atoms with Crippen LogP contribution in [0.4, 0.5) is 0 Å². The summed E-state index contributed by atoms with van der Waals surface area (Å²) < 4.78 is 10.6. The van der Waals surface area contributed by atoms with Gasteiger partial charge in [-0.2, -0.15) is 0 Å². The zero-order valence-corrected chi connectivity index (χ0v) is 11.2. The van der Waals surface area contributed by atoms with Gasteiger partial charge in [-0.25, -0.2) is 0 Å². The van der Waals surface area contributed by atoms with Crippen LogP contribution in [-0.4, -0.2) is 19.2 Å². The molecule has 0 amide bonds. The minimum Gasteiger partial charge on any atom is -0.465 e. The minimum atomic E-state index is -0.111. The average Bonchev–Trinajstić information content (AvgIpc) is 2.42. The molecule has 1 unspecified atom stereocenters. The van der Waals surface area contributed by atoms with Crippen LogP contribution in [0.5, 0.6) is 0 Å². The van der Waals surface area contributed by atoms with Crippen molar-refractivity contribution in [2.45, 2.75) is 33.3 Å². The fraction of sp³-hybridized carbons (Fsp3) is 0.533. The van der Waals surface area contributed by atoms with Crippen molar-refractivity contribution in [2.75, 3.05) is 13.2 Å². The monoisotopic (exact) mass is 250 g/mol. The van der Waals surface area contributed by atoms with E-state index in [4.69, 9.17) is 9.47 Å². The number of hydrogen-bond acceptors (Lipinski definition) is 3. The lowest BCUT2D eigenvalue weighted by Crippen LogP contribution is -2.15. The Morgan fingerprint density at radius 1 is 1.22 bits per heavy atom. The van der Waals surface area contributed by atoms with E-state index in [0.29, 0.717) is 19.8 Å². The molecule has 0 bridgehead atoms. The van der Waals surface area contributed by atoms with Crippen molar-refractivity contribution in [1.29, 1.82) is 0 Å². The van der Waals surface area contributed by atoms with E-state index in [1.54, 1.807) is 0 Å². The summed E-state index contributed by atoms with van der Waals surface area (Å²) in [4.78, 5) is 11.4. The van der Waals surface area contributed by atoms with Gasteiger partial charge in [-0.05, 0) is 12.0 Å². The van der Waals surface area contributed by atoms with E-state index in [0.717, 1.165) is 18.4 Å². The molecule has 0 heterocycles. The molecule has 0 aliphatic rings. The second-order valence-electron chi connectivity index (χ2n) is 4.37. The molecule has 0 aliphatic heterocycles. The molecule has 0 aromatic heterocycles. The van der Waals surface area contributed by atoms with Crippen molar-refractivity contribution in [3.05, 3.63) is 35.9 Å². The first kappa shape index (κ1) is 14.7. The van der Waals surface area contributed by atoms with Crippen LogP contribution in [0.15, 0.2) is 30.3 Å². The molecule has 0 saturated heterocycles. The van der Waals surface area contributed by atoms with Gasteiger partial charge in [-0.3, -0.25) is 4.79 Å². The maximum Gasteiger partial charge on any atom is 0.308 e. The van der Waals surface area contributed by atoms with E-state index in [1.807, 2.05) is 44.2 Å². The number of esters is 1. The molecule has 1 atom stereocenters. The maximum atomic E-state index is 11.4. The second-order valence-corrected chi connectivity index (χ2v) is 4.37. The quantitative estimate of drug-likeness (QED) is 0.525. The van der Waals surface area contributed by atoms with Crippen molar-refractivity contribution in [3.63, 3.8) is 0 Å². The normalized spacial score (nSPS) is 12.1. The van der Waals surface area contributed by atoms with Gasteiger partial charge in [-0.1, -0.05) is 44.2 Å². The predicted octanol–water partition coefficient (Wildman–Crippen LogP) is 3.18. The fourth-order valence-corrected chi connectivity index (χ4v) is 1.41. The summed E-state index contributed by atoms with van der Waals surface area (Å²) >= 11 is 0. The van der Waals surface area contributed by atoms with E-state index in [-0.39, 0.29) is 11.9 Å². The predicted molar refractivity (Wildman–Crippen MR) is 71.1 cm³/mol. The zero-order valence-electron chi connectivity index (χ0n) is 11.2. The Labute approximate surface area is 109 Å². The SMILES string of the molecule is CCC(C)C(=O)OCCCOCc1ccccc1. The van der Waals surface area contributed by atoms with Gasteiger partial charge >= 0.3 is 5.97 Å². The summed E-state index contributed by atoms with van der Waals surface area (Å²) in [6.07, 6.45) is 1.57. The van der Waals surface area contributed by atoms with Gasteiger partial charge in [0, 0.05) is 6.42 Å². The third-order valence-corrected chi connectivity index (χ3v) is 2.80. The third-order valence-electron chi connectivity index (χ3n) is 2.80. The highest BCUT2D eigenvalue weighted by molar-refractivity contribution is 5.71. The summed E-state index contributed by atoms with van der Waals surface area (Å²) in [6.45, 7) is 5.53. The summed E-state index contributed by atoms with van der Waals surface area (Å²) in [5.41, 5.74) is 1.16. The highest BCUT2D eigenvalue weighted by atomic mass is 16.5. The first-order valence-electron chi connectivity index (χ1n) is 6.52. The first-order valence-corrected chi connectivity index (χ1v) is 6.52. The Morgan fingerprint density at radius 2 is 1.94 bits per heavy atom. The molecule has 0 N–H and O–H groups in total. The van der Waals surface area contributed by atoms with E-state index in [2.05, 4.69) is 0 Å². The highest BCUT2D eigenvalue weighted by Crippen LogP contribution is 2.04. The van der Waals surface area contributed by atoms with Crippen LogP contribution >= 0.6 is 0 Å². The number of ether oxygens (including phenoxy) is 2. The summed E-state index contributed by atoms with van der Waals surface area (Å²) in [6, 6.07) is 10.0. The van der Waals surface area contributed by atoms with Gasteiger partial charge in [0.25, 0.3) is 0 Å². The number of benzene rings is 1. The Hall–Kier alpha value is -1.35. The molecule has 3 heteroatoms. The summed E-state index contributed by atoms with van der Waals surface area (Å²) in [5.74, 6) is -0.115. The highest BCUT2D eigenvalue weighted by Gasteiger charge is 2.10. The number of carbonyl (C=O) groups excluding carboxylic acids is 1. The maximum absolute atomic E-state index is 11.4. The Balaban J connectivity index is 2.01. The van der Waals surface area contributed by atoms with E-state index < -0.39 is 0 Å². The van der Waals surface area contributed by atoms with Crippen LogP contribution in [0.3, 0.4) is 0 Å². The minimum absolute atomic E-state index is 0.00441. The van der Waals surface area contributed by atoms with Crippen LogP contribution in [0, 0.1) is 5.92 Å². The van der Waals surface area contributed by atoms with Gasteiger partial charge < -0.3 is 9.47 Å². The number of hydrogen-bond donors (Lipinski definition) is 0. The van der Waals surface area contributed by atoms with Gasteiger partial charge in [0.05, 0.1) is 25.7 Å². The largest absolute Gasteiger partial charge is 0.465 e. The fourth-order valence-electron chi connectivity index (χ4n) is 1.41. The van der Waals surface area contributed by atoms with Crippen LogP contribution < -0.4 is 0 Å². The molecule has 1 aromatic carbocycles. The van der Waals surface area contributed by atoms with Crippen LogP contribution in [-0.2, 0) is 20.9 Å². The lowest BCUT2D eigenvalue weighted by atomic mass is 10.1. The number of carbonyl (C=O) groups is 1. The van der Waals surface area contributed by atoms with Crippen molar-refractivity contribution < 1.29 is 14.3 Å². The third kappa shape index (κ3) is 5.82. The van der Waals surface area contributed by atoms with Gasteiger partial charge in [0.2, 0.25) is 0 Å². The molecular weight excluding hydrogens is 228 g/mol. The van der Waals surface area contributed by atoms with E-state index in [9.17, 15) is 4.79 Å². The van der Waals surface area contributed by atoms with Crippen molar-refractivity contribution in [2.24, 2.45) is 5.92 Å². The van der Waals surface area contributed by atoms with E-state index >= 15 is 0 Å². The van der Waals surface area contributed by atoms with Crippen molar-refractivity contribution >= 4 is 5.97 Å². The van der Waals surface area contributed by atoms with Crippen LogP contribution in [0.1, 0.15) is 32.3 Å². The lowest BCUT2D eigenvalue weighted by Gasteiger charge is -2.09. The molecule has 1 rings (SSSR count). The Kier molecular flexibility index (Phi) is 7.11. The first-order chi connectivity index (χ1) is 8.74.